The van der Waals surface area contributed by atoms with Crippen molar-refractivity contribution < 1.29 is 14.3 Å². The first-order chi connectivity index (χ1) is 11.6. The number of nitrogens with two attached hydrogens (primary N) is 1. The van der Waals surface area contributed by atoms with Crippen LogP contribution in [0.2, 0.25) is 0 Å². The Morgan fingerprint density at radius 3 is 2.62 bits per heavy atom. The Balaban J connectivity index is 2.11. The number of carbonyl (C=O) groups is 1. The van der Waals surface area contributed by atoms with Crippen molar-refractivity contribution in [3.63, 3.8) is 0 Å². The summed E-state index contributed by atoms with van der Waals surface area (Å²) in [5.74, 6) is 0.210. The first-order valence-corrected chi connectivity index (χ1v) is 7.63. The number of esters is 1. The monoisotopic (exact) mass is 324 g/mol. The van der Waals surface area contributed by atoms with Crippen molar-refractivity contribution in [2.45, 2.75) is 25.5 Å². The van der Waals surface area contributed by atoms with Gasteiger partial charge in [-0.15, -0.1) is 0 Å². The normalized spacial score (nSPS) is 11.4. The van der Waals surface area contributed by atoms with Crippen LogP contribution in [0, 0.1) is 11.3 Å². The average Bonchev–Trinajstić information content (AvgIpc) is 2.62. The lowest BCUT2D eigenvalue weighted by Gasteiger charge is -2.14. The summed E-state index contributed by atoms with van der Waals surface area (Å²) in [6.45, 7) is 0.452. The first-order valence-electron chi connectivity index (χ1n) is 7.63. The molecule has 0 aliphatic rings. The standard InChI is InChI=1S/C19H20N2O3/c1-23-19(22)18(21)12-15-7-8-17(11-16(15)9-10-20)24-13-14-5-3-2-4-6-14/h2-8,11,18H,9,12-13,21H2,1H3/t18-/m1/s1. The van der Waals surface area contributed by atoms with Crippen molar-refractivity contribution >= 4 is 5.97 Å². The van der Waals surface area contributed by atoms with Crippen LogP contribution in [-0.2, 0) is 29.0 Å². The fourth-order valence-corrected chi connectivity index (χ4v) is 2.35. The van der Waals surface area contributed by atoms with Crippen LogP contribution < -0.4 is 10.5 Å². The minimum atomic E-state index is -0.747. The van der Waals surface area contributed by atoms with Crippen molar-refractivity contribution in [3.05, 3.63) is 65.2 Å². The molecule has 0 radical (unpaired) electrons. The van der Waals surface area contributed by atoms with Gasteiger partial charge in [-0.25, -0.2) is 0 Å². The molecule has 0 aliphatic carbocycles. The van der Waals surface area contributed by atoms with Gasteiger partial charge in [0, 0.05) is 0 Å². The summed E-state index contributed by atoms with van der Waals surface area (Å²) < 4.78 is 10.4. The Bertz CT molecular complexity index is 723. The summed E-state index contributed by atoms with van der Waals surface area (Å²) in [7, 11) is 1.30. The molecule has 2 rings (SSSR count). The van der Waals surface area contributed by atoms with Gasteiger partial charge in [0.25, 0.3) is 0 Å². The highest BCUT2D eigenvalue weighted by molar-refractivity contribution is 5.75. The minimum absolute atomic E-state index is 0.228. The van der Waals surface area contributed by atoms with Gasteiger partial charge >= 0.3 is 5.97 Å². The predicted octanol–water partition coefficient (Wildman–Crippen LogP) is 2.37. The molecule has 24 heavy (non-hydrogen) atoms. The van der Waals surface area contributed by atoms with Gasteiger partial charge in [0.2, 0.25) is 0 Å². The van der Waals surface area contributed by atoms with Crippen LogP contribution >= 0.6 is 0 Å². The summed E-state index contributed by atoms with van der Waals surface area (Å²) in [4.78, 5) is 11.5. The van der Waals surface area contributed by atoms with E-state index in [0.717, 1.165) is 16.7 Å². The maximum Gasteiger partial charge on any atom is 0.322 e. The second-order valence-corrected chi connectivity index (χ2v) is 5.37. The van der Waals surface area contributed by atoms with Gasteiger partial charge < -0.3 is 15.2 Å². The third kappa shape index (κ3) is 4.83. The molecule has 0 fully saturated rings. The lowest BCUT2D eigenvalue weighted by Crippen LogP contribution is -2.33. The maximum atomic E-state index is 11.5. The molecule has 0 aromatic heterocycles. The van der Waals surface area contributed by atoms with Crippen molar-refractivity contribution in [2.75, 3.05) is 7.11 Å². The zero-order chi connectivity index (χ0) is 17.4. The van der Waals surface area contributed by atoms with Crippen LogP contribution in [0.4, 0.5) is 0 Å². The molecule has 0 heterocycles. The molecule has 2 aromatic rings. The number of hydrogen-bond acceptors (Lipinski definition) is 5. The van der Waals surface area contributed by atoms with Gasteiger partial charge in [0.05, 0.1) is 19.6 Å². The molecule has 0 aliphatic heterocycles. The fraction of sp³-hybridized carbons (Fsp3) is 0.263. The molecule has 0 saturated heterocycles. The van der Waals surface area contributed by atoms with Crippen molar-refractivity contribution in [1.29, 1.82) is 5.26 Å². The first kappa shape index (κ1) is 17.5. The lowest BCUT2D eigenvalue weighted by molar-refractivity contribution is -0.142. The van der Waals surface area contributed by atoms with Crippen LogP contribution in [-0.4, -0.2) is 19.1 Å². The van der Waals surface area contributed by atoms with Crippen LogP contribution in [0.5, 0.6) is 5.75 Å². The highest BCUT2D eigenvalue weighted by Crippen LogP contribution is 2.21. The average molecular weight is 324 g/mol. The summed E-state index contributed by atoms with van der Waals surface area (Å²) in [5.41, 5.74) is 8.53. The molecule has 0 unspecified atom stereocenters. The van der Waals surface area contributed by atoms with Crippen molar-refractivity contribution in [3.8, 4) is 11.8 Å². The number of nitrogens with zero attached hydrogens (tertiary/aromatic N) is 1. The van der Waals surface area contributed by atoms with E-state index in [1.807, 2.05) is 48.5 Å². The van der Waals surface area contributed by atoms with E-state index in [0.29, 0.717) is 18.8 Å². The van der Waals surface area contributed by atoms with E-state index < -0.39 is 12.0 Å². The summed E-state index contributed by atoms with van der Waals surface area (Å²) >= 11 is 0. The second-order valence-electron chi connectivity index (χ2n) is 5.37. The Hall–Kier alpha value is -2.84. The van der Waals surface area contributed by atoms with Crippen LogP contribution in [0.1, 0.15) is 16.7 Å². The fourth-order valence-electron chi connectivity index (χ4n) is 2.35. The van der Waals surface area contributed by atoms with E-state index in [1.165, 1.54) is 7.11 Å². The van der Waals surface area contributed by atoms with Crippen LogP contribution in [0.3, 0.4) is 0 Å². The summed E-state index contributed by atoms with van der Waals surface area (Å²) in [6.07, 6.45) is 0.550. The topological polar surface area (TPSA) is 85.3 Å². The molecule has 124 valence electrons. The molecule has 0 saturated carbocycles. The van der Waals surface area contributed by atoms with Crippen LogP contribution in [0.25, 0.3) is 0 Å². The SMILES string of the molecule is COC(=O)[C@H](N)Cc1ccc(OCc2ccccc2)cc1CC#N. The van der Waals surface area contributed by atoms with Crippen LogP contribution in [0.15, 0.2) is 48.5 Å². The van der Waals surface area contributed by atoms with E-state index >= 15 is 0 Å². The molecule has 0 bridgehead atoms. The van der Waals surface area contributed by atoms with E-state index in [4.69, 9.17) is 15.7 Å². The third-order valence-corrected chi connectivity index (χ3v) is 3.64. The molecule has 5 nitrogen and oxygen atoms in total. The zero-order valence-corrected chi connectivity index (χ0v) is 13.6. The Kier molecular flexibility index (Phi) is 6.35. The molecular weight excluding hydrogens is 304 g/mol. The largest absolute Gasteiger partial charge is 0.489 e. The van der Waals surface area contributed by atoms with Gasteiger partial charge in [0.1, 0.15) is 18.4 Å². The molecule has 2 aromatic carbocycles. The lowest BCUT2D eigenvalue weighted by atomic mass is 9.98. The zero-order valence-electron chi connectivity index (χ0n) is 13.6. The maximum absolute atomic E-state index is 11.5. The molecule has 1 atom stereocenters. The molecular formula is C19H20N2O3. The van der Waals surface area contributed by atoms with E-state index in [2.05, 4.69) is 10.8 Å². The van der Waals surface area contributed by atoms with E-state index in [1.54, 1.807) is 0 Å². The predicted molar refractivity (Wildman–Crippen MR) is 90.2 cm³/mol. The quantitative estimate of drug-likeness (QED) is 0.790. The molecule has 2 N–H and O–H groups in total. The van der Waals surface area contributed by atoms with Gasteiger partial charge in [-0.1, -0.05) is 36.4 Å². The Labute approximate surface area is 141 Å². The van der Waals surface area contributed by atoms with Gasteiger partial charge in [0.15, 0.2) is 0 Å². The third-order valence-electron chi connectivity index (χ3n) is 3.64. The summed E-state index contributed by atoms with van der Waals surface area (Å²) in [6, 6.07) is 16.7. The highest BCUT2D eigenvalue weighted by Gasteiger charge is 2.16. The van der Waals surface area contributed by atoms with Gasteiger partial charge in [-0.05, 0) is 35.2 Å². The molecule has 0 spiro atoms. The number of methoxy groups -OCH3 is 1. The van der Waals surface area contributed by atoms with E-state index in [-0.39, 0.29) is 6.42 Å². The summed E-state index contributed by atoms with van der Waals surface area (Å²) in [5, 5.41) is 9.02. The second kappa shape index (κ2) is 8.70. The van der Waals surface area contributed by atoms with Gasteiger partial charge in [-0.2, -0.15) is 5.26 Å². The number of rotatable bonds is 7. The van der Waals surface area contributed by atoms with Crippen molar-refractivity contribution in [1.82, 2.24) is 0 Å². The Morgan fingerprint density at radius 1 is 1.21 bits per heavy atom. The number of benzene rings is 2. The molecule has 0 amide bonds. The van der Waals surface area contributed by atoms with Crippen molar-refractivity contribution in [2.24, 2.45) is 5.73 Å². The number of carbonyl (C=O) groups excluding carboxylic acids is 1. The molecule has 5 heteroatoms. The Morgan fingerprint density at radius 2 is 1.96 bits per heavy atom. The minimum Gasteiger partial charge on any atom is -0.489 e. The van der Waals surface area contributed by atoms with Gasteiger partial charge in [-0.3, -0.25) is 4.79 Å². The highest BCUT2D eigenvalue weighted by atomic mass is 16.5. The smallest absolute Gasteiger partial charge is 0.322 e. The number of nitriles is 1. The number of ether oxygens (including phenoxy) is 2. The van der Waals surface area contributed by atoms with E-state index in [9.17, 15) is 4.79 Å². The number of hydrogen-bond donors (Lipinski definition) is 1.